The molecule has 7 nitrogen and oxygen atoms in total. The van der Waals surface area contributed by atoms with Crippen LogP contribution in [0.15, 0.2) is 71.6 Å². The number of halogens is 1. The first-order valence-electron chi connectivity index (χ1n) is 13.9. The van der Waals surface area contributed by atoms with Gasteiger partial charge in [-0.3, -0.25) is 13.9 Å². The third kappa shape index (κ3) is 7.89. The Morgan fingerprint density at radius 1 is 0.902 bits per heavy atom. The molecule has 220 valence electrons. The molecule has 0 fully saturated rings. The van der Waals surface area contributed by atoms with Crippen LogP contribution in [0, 0.1) is 20.8 Å². The summed E-state index contributed by atoms with van der Waals surface area (Å²) in [6.07, 6.45) is 1.10. The van der Waals surface area contributed by atoms with E-state index in [0.29, 0.717) is 11.4 Å². The molecule has 0 unspecified atom stereocenters. The van der Waals surface area contributed by atoms with E-state index >= 15 is 0 Å². The van der Waals surface area contributed by atoms with E-state index in [2.05, 4.69) is 5.32 Å². The van der Waals surface area contributed by atoms with E-state index in [1.165, 1.54) is 17.0 Å². The lowest BCUT2D eigenvalue weighted by Crippen LogP contribution is -2.53. The Morgan fingerprint density at radius 2 is 1.56 bits per heavy atom. The molecule has 0 aliphatic carbocycles. The summed E-state index contributed by atoms with van der Waals surface area (Å²) in [6.45, 7) is 11.0. The van der Waals surface area contributed by atoms with E-state index in [0.717, 1.165) is 33.0 Å². The van der Waals surface area contributed by atoms with Crippen molar-refractivity contribution in [2.45, 2.75) is 77.9 Å². The summed E-state index contributed by atoms with van der Waals surface area (Å²) >= 11 is 6.41. The number of anilines is 1. The number of amides is 2. The molecule has 0 heterocycles. The smallest absolute Gasteiger partial charge is 0.264 e. The maximum atomic E-state index is 14.2. The van der Waals surface area contributed by atoms with Crippen molar-refractivity contribution < 1.29 is 18.0 Å². The van der Waals surface area contributed by atoms with E-state index in [-0.39, 0.29) is 29.1 Å². The summed E-state index contributed by atoms with van der Waals surface area (Å²) in [5, 5.41) is 3.38. The van der Waals surface area contributed by atoms with Gasteiger partial charge in [-0.25, -0.2) is 8.42 Å². The summed E-state index contributed by atoms with van der Waals surface area (Å²) in [5.41, 5.74) is 3.80. The van der Waals surface area contributed by atoms with Gasteiger partial charge in [-0.05, 0) is 81.5 Å². The monoisotopic (exact) mass is 597 g/mol. The average molecular weight is 598 g/mol. The predicted molar refractivity (Wildman–Crippen MR) is 166 cm³/mol. The van der Waals surface area contributed by atoms with Crippen LogP contribution in [0.2, 0.25) is 5.02 Å². The largest absolute Gasteiger partial charge is 0.352 e. The number of benzene rings is 3. The minimum Gasteiger partial charge on any atom is -0.352 e. The van der Waals surface area contributed by atoms with Gasteiger partial charge in [0.05, 0.1) is 10.6 Å². The molecule has 41 heavy (non-hydrogen) atoms. The molecule has 3 rings (SSSR count). The number of hydrogen-bond acceptors (Lipinski definition) is 4. The van der Waals surface area contributed by atoms with Gasteiger partial charge < -0.3 is 10.2 Å². The topological polar surface area (TPSA) is 86.8 Å². The molecule has 0 radical (unpaired) electrons. The van der Waals surface area contributed by atoms with E-state index < -0.39 is 28.5 Å². The first-order valence-corrected chi connectivity index (χ1v) is 15.7. The summed E-state index contributed by atoms with van der Waals surface area (Å²) in [7, 11) is -4.16. The van der Waals surface area contributed by atoms with Crippen molar-refractivity contribution in [2.75, 3.05) is 10.8 Å². The molecule has 1 N–H and O–H groups in total. The highest BCUT2D eigenvalue weighted by atomic mass is 35.5. The van der Waals surface area contributed by atoms with Gasteiger partial charge >= 0.3 is 0 Å². The van der Waals surface area contributed by atoms with Crippen molar-refractivity contribution in [3.05, 3.63) is 94.0 Å². The van der Waals surface area contributed by atoms with Gasteiger partial charge in [0.2, 0.25) is 11.8 Å². The van der Waals surface area contributed by atoms with Crippen LogP contribution in [0.4, 0.5) is 5.69 Å². The fraction of sp³-hybridized carbons (Fsp3) is 0.375. The highest BCUT2D eigenvalue weighted by Crippen LogP contribution is 2.29. The third-order valence-corrected chi connectivity index (χ3v) is 9.52. The van der Waals surface area contributed by atoms with Crippen LogP contribution >= 0.6 is 11.6 Å². The average Bonchev–Trinajstić information content (AvgIpc) is 2.94. The normalized spacial score (nSPS) is 12.9. The minimum absolute atomic E-state index is 0.0552. The molecule has 0 bridgehead atoms. The Hall–Kier alpha value is -3.36. The van der Waals surface area contributed by atoms with Crippen molar-refractivity contribution in [1.82, 2.24) is 10.2 Å². The number of nitrogens with zero attached hydrogens (tertiary/aromatic N) is 2. The van der Waals surface area contributed by atoms with Crippen molar-refractivity contribution in [2.24, 2.45) is 0 Å². The number of aryl methyl sites for hydroxylation is 3. The van der Waals surface area contributed by atoms with E-state index in [1.54, 1.807) is 30.3 Å². The van der Waals surface area contributed by atoms with Crippen LogP contribution in [0.5, 0.6) is 0 Å². The van der Waals surface area contributed by atoms with Gasteiger partial charge in [0.1, 0.15) is 12.6 Å². The van der Waals surface area contributed by atoms with Crippen LogP contribution in [-0.4, -0.2) is 43.8 Å². The second-order valence-corrected chi connectivity index (χ2v) is 12.7. The fourth-order valence-electron chi connectivity index (χ4n) is 4.43. The molecule has 3 aromatic carbocycles. The minimum atomic E-state index is -4.16. The van der Waals surface area contributed by atoms with Crippen molar-refractivity contribution in [1.29, 1.82) is 0 Å². The maximum absolute atomic E-state index is 14.2. The molecular weight excluding hydrogens is 558 g/mol. The van der Waals surface area contributed by atoms with Crippen LogP contribution in [0.3, 0.4) is 0 Å². The molecule has 0 aliphatic heterocycles. The van der Waals surface area contributed by atoms with Gasteiger partial charge in [-0.1, -0.05) is 73.5 Å². The van der Waals surface area contributed by atoms with Gasteiger partial charge in [0.15, 0.2) is 0 Å². The molecule has 0 aliphatic rings. The Labute approximate surface area is 249 Å². The summed E-state index contributed by atoms with van der Waals surface area (Å²) in [4.78, 5) is 29.1. The predicted octanol–water partition coefficient (Wildman–Crippen LogP) is 6.18. The molecule has 0 saturated carbocycles. The zero-order chi connectivity index (χ0) is 30.3. The number of hydrogen-bond donors (Lipinski definition) is 1. The van der Waals surface area contributed by atoms with Crippen molar-refractivity contribution in [3.8, 4) is 0 Å². The number of carbonyl (C=O) groups excluding carboxylic acids is 2. The van der Waals surface area contributed by atoms with Crippen LogP contribution < -0.4 is 9.62 Å². The highest BCUT2D eigenvalue weighted by molar-refractivity contribution is 7.92. The molecule has 2 amide bonds. The quantitative estimate of drug-likeness (QED) is 0.270. The number of nitrogens with one attached hydrogen (secondary N) is 1. The molecular formula is C32H40ClN3O4S. The Morgan fingerprint density at radius 3 is 2.15 bits per heavy atom. The van der Waals surface area contributed by atoms with Crippen molar-refractivity contribution >= 4 is 39.1 Å². The van der Waals surface area contributed by atoms with Gasteiger partial charge in [-0.15, -0.1) is 0 Å². The highest BCUT2D eigenvalue weighted by Gasteiger charge is 2.34. The second kappa shape index (κ2) is 14.0. The summed E-state index contributed by atoms with van der Waals surface area (Å²) in [5.74, 6) is -0.762. The molecule has 2 atom stereocenters. The maximum Gasteiger partial charge on any atom is 0.264 e. The lowest BCUT2D eigenvalue weighted by Gasteiger charge is -2.34. The SMILES string of the molecule is CC[C@@H](C)NC(=O)[C@@H](CC)N(Cc1ccccc1C)C(=O)CN(c1ccc(C)c(Cl)c1)S(=O)(=O)c1ccc(C)cc1. The van der Waals surface area contributed by atoms with Gasteiger partial charge in [0, 0.05) is 17.6 Å². The van der Waals surface area contributed by atoms with Gasteiger partial charge in [-0.2, -0.15) is 0 Å². The molecule has 0 spiro atoms. The number of sulfonamides is 1. The zero-order valence-electron chi connectivity index (χ0n) is 24.6. The standard InChI is InChI=1S/C32H40ClN3O4S/c1-7-25(6)34-32(38)30(8-2)35(20-26-12-10-9-11-23(26)4)31(37)21-36(27-16-15-24(5)29(33)19-27)41(39,40)28-17-13-22(3)14-18-28/h9-19,25,30H,7-8,20-21H2,1-6H3,(H,34,38)/t25-,30-/m1/s1. The Bertz CT molecular complexity index is 1470. The fourth-order valence-corrected chi connectivity index (χ4v) is 6.02. The molecule has 3 aromatic rings. The first kappa shape index (κ1) is 32.2. The Kier molecular flexibility index (Phi) is 11.0. The lowest BCUT2D eigenvalue weighted by molar-refractivity contribution is -0.140. The number of carbonyl (C=O) groups is 2. The van der Waals surface area contributed by atoms with E-state index in [4.69, 9.17) is 11.6 Å². The third-order valence-electron chi connectivity index (χ3n) is 7.32. The number of rotatable bonds is 12. The Balaban J connectivity index is 2.10. The summed E-state index contributed by atoms with van der Waals surface area (Å²) < 4.78 is 29.1. The van der Waals surface area contributed by atoms with Crippen molar-refractivity contribution in [3.63, 3.8) is 0 Å². The van der Waals surface area contributed by atoms with E-state index in [9.17, 15) is 18.0 Å². The zero-order valence-corrected chi connectivity index (χ0v) is 26.2. The van der Waals surface area contributed by atoms with Crippen LogP contribution in [-0.2, 0) is 26.2 Å². The van der Waals surface area contributed by atoms with Gasteiger partial charge in [0.25, 0.3) is 10.0 Å². The van der Waals surface area contributed by atoms with Crippen LogP contribution in [0.1, 0.15) is 55.9 Å². The lowest BCUT2D eigenvalue weighted by atomic mass is 10.1. The van der Waals surface area contributed by atoms with Crippen LogP contribution in [0.25, 0.3) is 0 Å². The van der Waals surface area contributed by atoms with E-state index in [1.807, 2.05) is 65.8 Å². The first-order chi connectivity index (χ1) is 19.4. The molecule has 9 heteroatoms. The second-order valence-electron chi connectivity index (χ2n) is 10.4. The molecule has 0 saturated heterocycles. The summed E-state index contributed by atoms with van der Waals surface area (Å²) in [6, 6.07) is 18.2. The molecule has 0 aromatic heterocycles.